The van der Waals surface area contributed by atoms with Crippen LogP contribution in [0.3, 0.4) is 0 Å². The fourth-order valence-corrected chi connectivity index (χ4v) is 3.81. The SMILES string of the molecule is CCC1CCCCN1C(=O)C1(C(=O)NCC2CCCO2)CC1. The van der Waals surface area contributed by atoms with E-state index < -0.39 is 5.41 Å². The Labute approximate surface area is 132 Å². The van der Waals surface area contributed by atoms with Gasteiger partial charge < -0.3 is 15.0 Å². The number of hydrogen-bond acceptors (Lipinski definition) is 3. The van der Waals surface area contributed by atoms with Crippen molar-refractivity contribution in [1.82, 2.24) is 10.2 Å². The third kappa shape index (κ3) is 3.00. The molecule has 0 bridgehead atoms. The summed E-state index contributed by atoms with van der Waals surface area (Å²) < 4.78 is 5.54. The van der Waals surface area contributed by atoms with Gasteiger partial charge in [-0.25, -0.2) is 0 Å². The molecular weight excluding hydrogens is 280 g/mol. The van der Waals surface area contributed by atoms with Crippen LogP contribution in [0, 0.1) is 5.41 Å². The van der Waals surface area contributed by atoms with Crippen LogP contribution < -0.4 is 5.32 Å². The minimum absolute atomic E-state index is 0.0730. The van der Waals surface area contributed by atoms with Crippen molar-refractivity contribution < 1.29 is 14.3 Å². The lowest BCUT2D eigenvalue weighted by molar-refractivity contribution is -0.147. The second kappa shape index (κ2) is 6.57. The Balaban J connectivity index is 1.59. The number of nitrogens with zero attached hydrogens (tertiary/aromatic N) is 1. The number of ether oxygens (including phenoxy) is 1. The van der Waals surface area contributed by atoms with Crippen LogP contribution in [0.15, 0.2) is 0 Å². The third-order valence-corrected chi connectivity index (χ3v) is 5.47. The summed E-state index contributed by atoms with van der Waals surface area (Å²) in [6.07, 6.45) is 7.94. The maximum atomic E-state index is 12.9. The van der Waals surface area contributed by atoms with Gasteiger partial charge in [-0.15, -0.1) is 0 Å². The number of rotatable bonds is 5. The van der Waals surface area contributed by atoms with Gasteiger partial charge in [0.15, 0.2) is 0 Å². The van der Waals surface area contributed by atoms with Gasteiger partial charge in [-0.1, -0.05) is 6.92 Å². The second-order valence-corrected chi connectivity index (χ2v) is 6.98. The van der Waals surface area contributed by atoms with Gasteiger partial charge >= 0.3 is 0 Å². The van der Waals surface area contributed by atoms with Crippen molar-refractivity contribution in [3.8, 4) is 0 Å². The average molecular weight is 308 g/mol. The Morgan fingerprint density at radius 1 is 1.23 bits per heavy atom. The molecule has 1 saturated carbocycles. The van der Waals surface area contributed by atoms with Crippen molar-refractivity contribution in [2.45, 2.75) is 70.4 Å². The van der Waals surface area contributed by atoms with Gasteiger partial charge in [0.25, 0.3) is 0 Å². The molecule has 2 aliphatic heterocycles. The number of likely N-dealkylation sites (tertiary alicyclic amines) is 1. The molecule has 124 valence electrons. The summed E-state index contributed by atoms with van der Waals surface area (Å²) in [6, 6.07) is 0.324. The van der Waals surface area contributed by atoms with E-state index in [2.05, 4.69) is 12.2 Å². The molecule has 3 rings (SSSR count). The minimum atomic E-state index is -0.761. The molecule has 2 heterocycles. The van der Waals surface area contributed by atoms with Crippen LogP contribution in [-0.4, -0.2) is 48.6 Å². The monoisotopic (exact) mass is 308 g/mol. The van der Waals surface area contributed by atoms with E-state index in [9.17, 15) is 9.59 Å². The molecule has 2 saturated heterocycles. The molecule has 0 radical (unpaired) electrons. The normalized spacial score (nSPS) is 30.1. The Bertz CT molecular complexity index is 428. The predicted molar refractivity (Wildman–Crippen MR) is 83.3 cm³/mol. The quantitative estimate of drug-likeness (QED) is 0.789. The molecule has 3 aliphatic rings. The molecule has 0 aromatic rings. The van der Waals surface area contributed by atoms with Crippen LogP contribution in [0.4, 0.5) is 0 Å². The maximum Gasteiger partial charge on any atom is 0.238 e. The van der Waals surface area contributed by atoms with Gasteiger partial charge in [-0.3, -0.25) is 9.59 Å². The lowest BCUT2D eigenvalue weighted by Gasteiger charge is -2.37. The zero-order valence-corrected chi connectivity index (χ0v) is 13.6. The molecule has 3 fully saturated rings. The van der Waals surface area contributed by atoms with E-state index in [0.717, 1.165) is 45.3 Å². The summed E-state index contributed by atoms with van der Waals surface area (Å²) in [5.74, 6) is -0.00248. The summed E-state index contributed by atoms with van der Waals surface area (Å²) in [5, 5.41) is 2.97. The molecule has 1 N–H and O–H groups in total. The van der Waals surface area contributed by atoms with Gasteiger partial charge in [0, 0.05) is 25.7 Å². The number of carbonyl (C=O) groups excluding carboxylic acids is 2. The molecule has 1 aliphatic carbocycles. The summed E-state index contributed by atoms with van der Waals surface area (Å²) >= 11 is 0. The van der Waals surface area contributed by atoms with Crippen LogP contribution in [-0.2, 0) is 14.3 Å². The Morgan fingerprint density at radius 2 is 2.05 bits per heavy atom. The highest BCUT2D eigenvalue weighted by molar-refractivity contribution is 6.08. The Morgan fingerprint density at radius 3 is 2.68 bits per heavy atom. The van der Waals surface area contributed by atoms with Crippen LogP contribution in [0.5, 0.6) is 0 Å². The van der Waals surface area contributed by atoms with E-state index in [4.69, 9.17) is 4.74 Å². The molecule has 0 aromatic carbocycles. The van der Waals surface area contributed by atoms with E-state index in [0.29, 0.717) is 25.4 Å². The zero-order chi connectivity index (χ0) is 15.6. The van der Waals surface area contributed by atoms with Gasteiger partial charge in [0.1, 0.15) is 5.41 Å². The van der Waals surface area contributed by atoms with E-state index in [1.165, 1.54) is 6.42 Å². The van der Waals surface area contributed by atoms with Crippen molar-refractivity contribution in [3.05, 3.63) is 0 Å². The minimum Gasteiger partial charge on any atom is -0.376 e. The number of piperidine rings is 1. The summed E-state index contributed by atoms with van der Waals surface area (Å²) in [6.45, 7) is 4.28. The fraction of sp³-hybridized carbons (Fsp3) is 0.882. The van der Waals surface area contributed by atoms with Gasteiger partial charge in [0.2, 0.25) is 11.8 Å². The maximum absolute atomic E-state index is 12.9. The van der Waals surface area contributed by atoms with Crippen molar-refractivity contribution in [2.24, 2.45) is 5.41 Å². The second-order valence-electron chi connectivity index (χ2n) is 6.98. The van der Waals surface area contributed by atoms with Crippen LogP contribution in [0.2, 0.25) is 0 Å². The van der Waals surface area contributed by atoms with Crippen molar-refractivity contribution >= 4 is 11.8 Å². The summed E-state index contributed by atoms with van der Waals surface area (Å²) in [5.41, 5.74) is -0.761. The molecule has 5 nitrogen and oxygen atoms in total. The first-order valence-electron chi connectivity index (χ1n) is 8.88. The standard InChI is InChI=1S/C17H28N2O3/c1-2-13-6-3-4-10-19(13)16(21)17(8-9-17)15(20)18-12-14-7-5-11-22-14/h13-14H,2-12H2,1H3,(H,18,20). The number of amides is 2. The highest BCUT2D eigenvalue weighted by atomic mass is 16.5. The lowest BCUT2D eigenvalue weighted by Crippen LogP contribution is -2.51. The first-order chi connectivity index (χ1) is 10.7. The molecule has 0 aromatic heterocycles. The molecule has 22 heavy (non-hydrogen) atoms. The highest BCUT2D eigenvalue weighted by Crippen LogP contribution is 2.48. The molecular formula is C17H28N2O3. The Kier molecular flexibility index (Phi) is 4.71. The van der Waals surface area contributed by atoms with Crippen LogP contribution in [0.25, 0.3) is 0 Å². The summed E-state index contributed by atoms with van der Waals surface area (Å²) in [7, 11) is 0. The average Bonchev–Trinajstić information content (AvgIpc) is 3.21. The van der Waals surface area contributed by atoms with Gasteiger partial charge in [0.05, 0.1) is 6.10 Å². The van der Waals surface area contributed by atoms with E-state index >= 15 is 0 Å². The Hall–Kier alpha value is -1.10. The molecule has 2 unspecified atom stereocenters. The van der Waals surface area contributed by atoms with Crippen molar-refractivity contribution in [1.29, 1.82) is 0 Å². The summed E-state index contributed by atoms with van der Waals surface area (Å²) in [4.78, 5) is 27.5. The van der Waals surface area contributed by atoms with E-state index in [1.54, 1.807) is 0 Å². The topological polar surface area (TPSA) is 58.6 Å². The number of carbonyl (C=O) groups is 2. The van der Waals surface area contributed by atoms with E-state index in [-0.39, 0.29) is 17.9 Å². The molecule has 2 atom stereocenters. The fourth-order valence-electron chi connectivity index (χ4n) is 3.81. The van der Waals surface area contributed by atoms with Crippen LogP contribution in [0.1, 0.15) is 58.3 Å². The highest BCUT2D eigenvalue weighted by Gasteiger charge is 2.58. The van der Waals surface area contributed by atoms with E-state index in [1.807, 2.05) is 4.90 Å². The lowest BCUT2D eigenvalue weighted by atomic mass is 9.95. The number of nitrogens with one attached hydrogen (secondary N) is 1. The third-order valence-electron chi connectivity index (χ3n) is 5.47. The zero-order valence-electron chi connectivity index (χ0n) is 13.6. The van der Waals surface area contributed by atoms with Crippen molar-refractivity contribution in [3.63, 3.8) is 0 Å². The first-order valence-corrected chi connectivity index (χ1v) is 8.88. The largest absolute Gasteiger partial charge is 0.376 e. The number of hydrogen-bond donors (Lipinski definition) is 1. The van der Waals surface area contributed by atoms with Crippen molar-refractivity contribution in [2.75, 3.05) is 19.7 Å². The van der Waals surface area contributed by atoms with Gasteiger partial charge in [-0.05, 0) is 51.4 Å². The first kappa shape index (κ1) is 15.8. The van der Waals surface area contributed by atoms with Gasteiger partial charge in [-0.2, -0.15) is 0 Å². The van der Waals surface area contributed by atoms with Crippen LogP contribution >= 0.6 is 0 Å². The molecule has 2 amide bonds. The molecule has 5 heteroatoms. The predicted octanol–water partition coefficient (Wildman–Crippen LogP) is 1.85. The smallest absolute Gasteiger partial charge is 0.238 e. The molecule has 0 spiro atoms.